The maximum atomic E-state index is 12.7. The summed E-state index contributed by atoms with van der Waals surface area (Å²) in [6.07, 6.45) is -8.22. The number of carbonyl (C=O) groups is 3. The molecule has 2 aromatic rings. The molecule has 4 rings (SSSR count). The maximum absolute atomic E-state index is 12.7. The number of amides is 2. The number of terminal acetylenes is 1. The minimum atomic E-state index is -2.68. The average Bonchev–Trinajstić information content (AvgIpc) is 3.12. The van der Waals surface area contributed by atoms with Crippen LogP contribution in [0.15, 0.2) is 54.6 Å². The number of aliphatic hydroxyl groups excluding tert-OH is 6. The van der Waals surface area contributed by atoms with Crippen molar-refractivity contribution >= 4 is 17.8 Å². The standard InChI is InChI=1S/C35H44N2O14/c1-2-3-13-48-33-31(45)24(39)15-23(50-33)19-49-35(34(46)47)16-25(40)29(37-28(43)18-38)32(51-35)30(44)26(41)17-36-27(42)14-20-9-11-22(12-10-20)21-7-5-4-6-8-21/h1,4-12,23-26,29-33,38-41,44-45H,3,13-19H2,(H,36,42)(H,37,43)(H,46,47)/t23?,24?,25-,26+,29?,30?,31+,32+,33?,35?/m0/s1. The van der Waals surface area contributed by atoms with E-state index >= 15 is 0 Å². The molecule has 2 fully saturated rings. The van der Waals surface area contributed by atoms with Crippen LogP contribution in [0.1, 0.15) is 24.8 Å². The monoisotopic (exact) mass is 716 g/mol. The number of aliphatic carboxylic acids is 1. The van der Waals surface area contributed by atoms with Gasteiger partial charge in [0.2, 0.25) is 11.8 Å². The Labute approximate surface area is 293 Å². The molecule has 16 nitrogen and oxygen atoms in total. The predicted octanol–water partition coefficient (Wildman–Crippen LogP) is -1.96. The smallest absolute Gasteiger partial charge is 0.364 e. The van der Waals surface area contributed by atoms with Crippen LogP contribution in [0.2, 0.25) is 0 Å². The maximum Gasteiger partial charge on any atom is 0.364 e. The van der Waals surface area contributed by atoms with Crippen molar-refractivity contribution in [2.24, 2.45) is 0 Å². The summed E-state index contributed by atoms with van der Waals surface area (Å²) >= 11 is 0. The summed E-state index contributed by atoms with van der Waals surface area (Å²) in [5.74, 6) is -3.57. The van der Waals surface area contributed by atoms with Crippen molar-refractivity contribution in [1.29, 1.82) is 0 Å². The summed E-state index contributed by atoms with van der Waals surface area (Å²) in [7, 11) is 0. The number of hydrogen-bond acceptors (Lipinski definition) is 13. The van der Waals surface area contributed by atoms with Gasteiger partial charge in [0.05, 0.1) is 50.1 Å². The molecule has 278 valence electrons. The highest BCUT2D eigenvalue weighted by atomic mass is 16.7. The number of carboxylic acid groups (broad SMARTS) is 1. The van der Waals surface area contributed by atoms with Crippen LogP contribution < -0.4 is 10.6 Å². The van der Waals surface area contributed by atoms with E-state index in [1.807, 2.05) is 42.5 Å². The van der Waals surface area contributed by atoms with Gasteiger partial charge < -0.3 is 65.3 Å². The van der Waals surface area contributed by atoms with Gasteiger partial charge in [0, 0.05) is 25.8 Å². The molecular formula is C35H44N2O14. The number of ether oxygens (including phenoxy) is 4. The molecule has 0 aliphatic carbocycles. The number of rotatable bonds is 16. The van der Waals surface area contributed by atoms with Crippen molar-refractivity contribution in [3.8, 4) is 23.5 Å². The second kappa shape index (κ2) is 18.5. The zero-order valence-corrected chi connectivity index (χ0v) is 27.6. The second-order valence-electron chi connectivity index (χ2n) is 12.3. The summed E-state index contributed by atoms with van der Waals surface area (Å²) in [4.78, 5) is 37.4. The molecule has 0 radical (unpaired) electrons. The van der Waals surface area contributed by atoms with Crippen LogP contribution in [0, 0.1) is 12.3 Å². The number of benzene rings is 2. The fourth-order valence-electron chi connectivity index (χ4n) is 5.82. The molecule has 0 saturated carbocycles. The van der Waals surface area contributed by atoms with Crippen LogP contribution in [-0.4, -0.2) is 141 Å². The van der Waals surface area contributed by atoms with Gasteiger partial charge in [0.25, 0.3) is 5.79 Å². The zero-order valence-electron chi connectivity index (χ0n) is 27.6. The van der Waals surface area contributed by atoms with E-state index in [0.717, 1.165) is 11.1 Å². The quantitative estimate of drug-likeness (QED) is 0.0676. The van der Waals surface area contributed by atoms with E-state index in [0.29, 0.717) is 5.56 Å². The number of carbonyl (C=O) groups excluding carboxylic acids is 2. The van der Waals surface area contributed by atoms with E-state index in [2.05, 4.69) is 16.6 Å². The van der Waals surface area contributed by atoms with E-state index in [-0.39, 0.29) is 25.9 Å². The third kappa shape index (κ3) is 10.5. The Morgan fingerprint density at radius 2 is 1.69 bits per heavy atom. The van der Waals surface area contributed by atoms with E-state index in [1.54, 1.807) is 12.1 Å². The first kappa shape index (κ1) is 39.8. The minimum Gasteiger partial charge on any atom is -0.477 e. The Balaban J connectivity index is 1.42. The van der Waals surface area contributed by atoms with Gasteiger partial charge in [-0.3, -0.25) is 9.59 Å². The number of aliphatic hydroxyl groups is 6. The normalized spacial score (nSPS) is 28.9. The summed E-state index contributed by atoms with van der Waals surface area (Å²) < 4.78 is 22.4. The Morgan fingerprint density at radius 1 is 1.00 bits per heavy atom. The van der Waals surface area contributed by atoms with Crippen LogP contribution in [0.3, 0.4) is 0 Å². The Kier molecular flexibility index (Phi) is 14.4. The first-order valence-electron chi connectivity index (χ1n) is 16.3. The average molecular weight is 717 g/mol. The van der Waals surface area contributed by atoms with Gasteiger partial charge in [-0.25, -0.2) is 4.79 Å². The van der Waals surface area contributed by atoms with Gasteiger partial charge in [-0.2, -0.15) is 0 Å². The lowest BCUT2D eigenvalue weighted by Crippen LogP contribution is -2.68. The first-order chi connectivity index (χ1) is 24.4. The lowest BCUT2D eigenvalue weighted by atomic mass is 9.88. The molecule has 0 aromatic heterocycles. The predicted molar refractivity (Wildman–Crippen MR) is 176 cm³/mol. The van der Waals surface area contributed by atoms with Crippen molar-refractivity contribution < 1.29 is 69.1 Å². The first-order valence-corrected chi connectivity index (χ1v) is 16.3. The molecule has 6 unspecified atom stereocenters. The van der Waals surface area contributed by atoms with Crippen molar-refractivity contribution in [1.82, 2.24) is 10.6 Å². The molecule has 2 aromatic carbocycles. The topological polar surface area (TPSA) is 254 Å². The molecule has 51 heavy (non-hydrogen) atoms. The SMILES string of the molecule is C#CCCOC1OC(COC2(C(=O)O)C[C@H](O)C(NC(=O)CO)[C@H](C(O)[C@H](O)CNC(=O)Cc3ccc(-c4ccccc4)cc3)O2)CC(O)[C@H]1O. The van der Waals surface area contributed by atoms with Crippen LogP contribution >= 0.6 is 0 Å². The van der Waals surface area contributed by atoms with E-state index in [4.69, 9.17) is 25.4 Å². The third-order valence-electron chi connectivity index (χ3n) is 8.57. The van der Waals surface area contributed by atoms with Crippen LogP contribution in [0.5, 0.6) is 0 Å². The molecule has 2 saturated heterocycles. The Hall–Kier alpha value is -3.99. The van der Waals surface area contributed by atoms with Crippen molar-refractivity contribution in [2.45, 2.75) is 86.5 Å². The van der Waals surface area contributed by atoms with Gasteiger partial charge in [0.1, 0.15) is 24.9 Å². The lowest BCUT2D eigenvalue weighted by Gasteiger charge is -2.47. The number of nitrogens with one attached hydrogen (secondary N) is 2. The largest absolute Gasteiger partial charge is 0.477 e. The summed E-state index contributed by atoms with van der Waals surface area (Å²) in [6, 6.07) is 15.4. The second-order valence-corrected chi connectivity index (χ2v) is 12.3. The fraction of sp³-hybridized carbons (Fsp3) is 0.514. The molecule has 10 atom stereocenters. The summed E-state index contributed by atoms with van der Waals surface area (Å²) in [5, 5.41) is 77.9. The van der Waals surface area contributed by atoms with Gasteiger partial charge in [-0.1, -0.05) is 54.6 Å². The van der Waals surface area contributed by atoms with E-state index in [1.165, 1.54) is 0 Å². The van der Waals surface area contributed by atoms with Crippen molar-refractivity contribution in [3.05, 3.63) is 60.2 Å². The summed E-state index contributed by atoms with van der Waals surface area (Å²) in [5.41, 5.74) is 2.63. The van der Waals surface area contributed by atoms with Crippen molar-refractivity contribution in [2.75, 3.05) is 26.4 Å². The van der Waals surface area contributed by atoms with Gasteiger partial charge >= 0.3 is 5.97 Å². The van der Waals surface area contributed by atoms with Crippen LogP contribution in [0.4, 0.5) is 0 Å². The van der Waals surface area contributed by atoms with Crippen molar-refractivity contribution in [3.63, 3.8) is 0 Å². The highest BCUT2D eigenvalue weighted by Crippen LogP contribution is 2.35. The molecule has 0 spiro atoms. The fourth-order valence-corrected chi connectivity index (χ4v) is 5.82. The number of hydrogen-bond donors (Lipinski definition) is 9. The van der Waals surface area contributed by atoms with E-state index in [9.17, 15) is 50.1 Å². The number of carboxylic acids is 1. The molecule has 2 heterocycles. The molecule has 2 aliphatic rings. The van der Waals surface area contributed by atoms with Gasteiger partial charge in [-0.15, -0.1) is 12.3 Å². The highest BCUT2D eigenvalue weighted by Gasteiger charge is 2.56. The van der Waals surface area contributed by atoms with Gasteiger partial charge in [-0.05, 0) is 16.7 Å². The molecule has 9 N–H and O–H groups in total. The van der Waals surface area contributed by atoms with Crippen LogP contribution in [-0.2, 0) is 39.8 Å². The molecule has 16 heteroatoms. The summed E-state index contributed by atoms with van der Waals surface area (Å²) in [6.45, 7) is -2.12. The lowest BCUT2D eigenvalue weighted by molar-refractivity contribution is -0.327. The molecule has 0 bridgehead atoms. The van der Waals surface area contributed by atoms with E-state index < -0.39 is 105 Å². The Morgan fingerprint density at radius 3 is 2.33 bits per heavy atom. The highest BCUT2D eigenvalue weighted by molar-refractivity contribution is 5.79. The van der Waals surface area contributed by atoms with Gasteiger partial charge in [0.15, 0.2) is 6.29 Å². The van der Waals surface area contributed by atoms with Crippen LogP contribution in [0.25, 0.3) is 11.1 Å². The third-order valence-corrected chi connectivity index (χ3v) is 8.57. The minimum absolute atomic E-state index is 0.00194. The molecule has 2 amide bonds. The molecule has 2 aliphatic heterocycles. The Bertz CT molecular complexity index is 1490. The zero-order chi connectivity index (χ0) is 37.1. The molecular weight excluding hydrogens is 672 g/mol.